The second kappa shape index (κ2) is 5.43. The van der Waals surface area contributed by atoms with Crippen molar-refractivity contribution in [1.29, 1.82) is 0 Å². The largest absolute Gasteiger partial charge is 0.495 e. The van der Waals surface area contributed by atoms with Gasteiger partial charge in [0.1, 0.15) is 0 Å². The molecule has 1 aliphatic heterocycles. The molecule has 1 unspecified atom stereocenters. The van der Waals surface area contributed by atoms with Crippen LogP contribution in [0.5, 0.6) is 0 Å². The van der Waals surface area contributed by atoms with Crippen LogP contribution in [0.4, 0.5) is 0 Å². The quantitative estimate of drug-likeness (QED) is 0.741. The molecule has 0 aliphatic carbocycles. The van der Waals surface area contributed by atoms with E-state index in [1.165, 1.54) is 0 Å². The normalized spacial score (nSPS) is 26.5. The van der Waals surface area contributed by atoms with Crippen LogP contribution in [-0.2, 0) is 4.74 Å². The summed E-state index contributed by atoms with van der Waals surface area (Å²) < 4.78 is 6.10. The minimum atomic E-state index is 0.197. The molecule has 100 valence electrons. The third-order valence-corrected chi connectivity index (χ3v) is 3.02. The van der Waals surface area contributed by atoms with Crippen molar-refractivity contribution >= 4 is 0 Å². The summed E-state index contributed by atoms with van der Waals surface area (Å²) in [5.74, 6) is 1.07. The van der Waals surface area contributed by atoms with E-state index >= 15 is 0 Å². The number of hydrogen-bond acceptors (Lipinski definition) is 2. The zero-order chi connectivity index (χ0) is 13.1. The highest BCUT2D eigenvalue weighted by Crippen LogP contribution is 2.28. The molecule has 0 radical (unpaired) electrons. The predicted molar refractivity (Wildman–Crippen MR) is 74.0 cm³/mol. The fourth-order valence-electron chi connectivity index (χ4n) is 2.49. The van der Waals surface area contributed by atoms with Gasteiger partial charge in [-0.25, -0.2) is 0 Å². The summed E-state index contributed by atoms with van der Waals surface area (Å²) >= 11 is 0. The summed E-state index contributed by atoms with van der Waals surface area (Å²) in [5.41, 5.74) is 0.533. The lowest BCUT2D eigenvalue weighted by Crippen LogP contribution is -2.27. The summed E-state index contributed by atoms with van der Waals surface area (Å²) in [7, 11) is 0. The van der Waals surface area contributed by atoms with Gasteiger partial charge >= 0.3 is 0 Å². The number of rotatable bonds is 2. The topological polar surface area (TPSA) is 21.3 Å². The predicted octanol–water partition coefficient (Wildman–Crippen LogP) is 3.73. The average molecular weight is 239 g/mol. The maximum atomic E-state index is 6.10. The molecule has 0 aromatic carbocycles. The van der Waals surface area contributed by atoms with Crippen LogP contribution in [0.15, 0.2) is 11.8 Å². The molecule has 2 nitrogen and oxygen atoms in total. The maximum Gasteiger partial charge on any atom is 0.0999 e. The van der Waals surface area contributed by atoms with Crippen molar-refractivity contribution < 1.29 is 4.74 Å². The number of nitrogens with one attached hydrogen (secondary N) is 1. The van der Waals surface area contributed by atoms with Crippen LogP contribution in [0.25, 0.3) is 0 Å². The van der Waals surface area contributed by atoms with E-state index in [2.05, 4.69) is 52.9 Å². The molecule has 1 aliphatic rings. The van der Waals surface area contributed by atoms with Gasteiger partial charge in [-0.15, -0.1) is 0 Å². The van der Waals surface area contributed by atoms with Gasteiger partial charge in [0.2, 0.25) is 0 Å². The van der Waals surface area contributed by atoms with Gasteiger partial charge in [0.15, 0.2) is 0 Å². The zero-order valence-corrected chi connectivity index (χ0v) is 12.4. The van der Waals surface area contributed by atoms with E-state index in [4.69, 9.17) is 4.74 Å². The second-order valence-electron chi connectivity index (χ2n) is 7.19. The van der Waals surface area contributed by atoms with Gasteiger partial charge in [0, 0.05) is 6.54 Å². The highest BCUT2D eigenvalue weighted by Gasteiger charge is 2.27. The number of hydrogen-bond donors (Lipinski definition) is 1. The van der Waals surface area contributed by atoms with Crippen molar-refractivity contribution in [3.8, 4) is 0 Å². The molecule has 2 heteroatoms. The highest BCUT2D eigenvalue weighted by molar-refractivity contribution is 4.98. The third kappa shape index (κ3) is 6.11. The van der Waals surface area contributed by atoms with Crippen molar-refractivity contribution in [3.63, 3.8) is 0 Å². The summed E-state index contributed by atoms with van der Waals surface area (Å²) in [6, 6.07) is 0. The van der Waals surface area contributed by atoms with Crippen LogP contribution in [0.3, 0.4) is 0 Å². The van der Waals surface area contributed by atoms with Gasteiger partial charge in [-0.05, 0) is 43.2 Å². The molecule has 1 heterocycles. The Kier molecular flexibility index (Phi) is 4.65. The fourth-order valence-corrected chi connectivity index (χ4v) is 2.49. The van der Waals surface area contributed by atoms with Crippen molar-refractivity contribution in [2.75, 3.05) is 13.1 Å². The molecule has 1 N–H and O–H groups in total. The first-order valence-corrected chi connectivity index (χ1v) is 6.75. The summed E-state index contributed by atoms with van der Waals surface area (Å²) in [6.07, 6.45) is 4.82. The molecular formula is C15H29NO. The van der Waals surface area contributed by atoms with Crippen LogP contribution < -0.4 is 5.32 Å². The Balaban J connectivity index is 2.58. The number of ether oxygens (including phenoxy) is 1. The van der Waals surface area contributed by atoms with Crippen LogP contribution >= 0.6 is 0 Å². The fraction of sp³-hybridized carbons (Fsp3) is 0.867. The monoisotopic (exact) mass is 239 g/mol. The van der Waals surface area contributed by atoms with Gasteiger partial charge < -0.3 is 10.1 Å². The highest BCUT2D eigenvalue weighted by atomic mass is 16.5. The molecular weight excluding hydrogens is 210 g/mol. The smallest absolute Gasteiger partial charge is 0.0999 e. The SMILES string of the molecule is C/C(=C\C(C)(C)C)OC1CCNCC(C)(C)C1. The first-order chi connectivity index (χ1) is 7.68. The molecule has 0 bridgehead atoms. The molecule has 17 heavy (non-hydrogen) atoms. The van der Waals surface area contributed by atoms with E-state index in [-0.39, 0.29) is 5.41 Å². The van der Waals surface area contributed by atoms with Crippen molar-refractivity contribution in [3.05, 3.63) is 11.8 Å². The first kappa shape index (κ1) is 14.6. The molecule has 0 spiro atoms. The van der Waals surface area contributed by atoms with Gasteiger partial charge in [0.05, 0.1) is 11.9 Å². The van der Waals surface area contributed by atoms with E-state index in [1.54, 1.807) is 0 Å². The van der Waals surface area contributed by atoms with Gasteiger partial charge in [-0.2, -0.15) is 0 Å². The van der Waals surface area contributed by atoms with Crippen molar-refractivity contribution in [1.82, 2.24) is 5.32 Å². The second-order valence-corrected chi connectivity index (χ2v) is 7.19. The molecule has 0 aromatic heterocycles. The van der Waals surface area contributed by atoms with Crippen molar-refractivity contribution in [2.45, 2.75) is 60.5 Å². The first-order valence-electron chi connectivity index (χ1n) is 6.75. The van der Waals surface area contributed by atoms with E-state index < -0.39 is 0 Å². The van der Waals surface area contributed by atoms with Gasteiger partial charge in [-0.3, -0.25) is 0 Å². The number of allylic oxidation sites excluding steroid dienone is 2. The lowest BCUT2D eigenvalue weighted by atomic mass is 9.87. The maximum absolute atomic E-state index is 6.10. The standard InChI is InChI=1S/C15H29NO/c1-12(9-14(2,3)4)17-13-7-8-16-11-15(5,6)10-13/h9,13,16H,7-8,10-11H2,1-6H3/b12-9+. The summed E-state index contributed by atoms with van der Waals surface area (Å²) in [4.78, 5) is 0. The van der Waals surface area contributed by atoms with Gasteiger partial charge in [0.25, 0.3) is 0 Å². The Hall–Kier alpha value is -0.500. The Labute approximate surface area is 107 Å². The lowest BCUT2D eigenvalue weighted by Gasteiger charge is -2.27. The molecule has 0 amide bonds. The molecule has 0 saturated carbocycles. The molecule has 1 saturated heterocycles. The van der Waals surface area contributed by atoms with Crippen LogP contribution in [0.2, 0.25) is 0 Å². The Morgan fingerprint density at radius 3 is 2.59 bits per heavy atom. The van der Waals surface area contributed by atoms with Gasteiger partial charge in [-0.1, -0.05) is 34.6 Å². The zero-order valence-electron chi connectivity index (χ0n) is 12.4. The van der Waals surface area contributed by atoms with Crippen LogP contribution in [-0.4, -0.2) is 19.2 Å². The summed E-state index contributed by atoms with van der Waals surface area (Å²) in [5, 5.41) is 3.49. The Morgan fingerprint density at radius 2 is 2.00 bits per heavy atom. The molecule has 0 aromatic rings. The summed E-state index contributed by atoms with van der Waals surface area (Å²) in [6.45, 7) is 15.5. The average Bonchev–Trinajstić information content (AvgIpc) is 2.22. The van der Waals surface area contributed by atoms with E-state index in [9.17, 15) is 0 Å². The third-order valence-electron chi connectivity index (χ3n) is 3.02. The van der Waals surface area contributed by atoms with E-state index in [0.29, 0.717) is 11.5 Å². The minimum absolute atomic E-state index is 0.197. The van der Waals surface area contributed by atoms with E-state index in [0.717, 1.165) is 31.7 Å². The Morgan fingerprint density at radius 1 is 1.35 bits per heavy atom. The molecule has 1 atom stereocenters. The molecule has 1 rings (SSSR count). The lowest BCUT2D eigenvalue weighted by molar-refractivity contribution is 0.0778. The molecule has 1 fully saturated rings. The minimum Gasteiger partial charge on any atom is -0.495 e. The van der Waals surface area contributed by atoms with E-state index in [1.807, 2.05) is 0 Å². The Bertz CT molecular complexity index is 273. The van der Waals surface area contributed by atoms with Crippen LogP contribution in [0.1, 0.15) is 54.4 Å². The van der Waals surface area contributed by atoms with Crippen molar-refractivity contribution in [2.24, 2.45) is 10.8 Å². The van der Waals surface area contributed by atoms with Crippen LogP contribution in [0, 0.1) is 10.8 Å².